The van der Waals surface area contributed by atoms with Crippen LogP contribution >= 0.6 is 0 Å². The van der Waals surface area contributed by atoms with E-state index in [1.54, 1.807) is 18.6 Å². The van der Waals surface area contributed by atoms with E-state index in [1.165, 1.54) is 7.11 Å². The molecule has 0 bridgehead atoms. The molecule has 0 atom stereocenters. The number of hydrogen-bond acceptors (Lipinski definition) is 6. The van der Waals surface area contributed by atoms with Crippen molar-refractivity contribution in [1.29, 1.82) is 0 Å². The Morgan fingerprint density at radius 3 is 2.77 bits per heavy atom. The number of aromatic nitrogens is 2. The minimum atomic E-state index is -0.244. The van der Waals surface area contributed by atoms with E-state index in [-0.39, 0.29) is 17.8 Å². The molecule has 7 heteroatoms. The van der Waals surface area contributed by atoms with Gasteiger partial charge < -0.3 is 15.0 Å². The maximum absolute atomic E-state index is 12.1. The van der Waals surface area contributed by atoms with E-state index in [1.807, 2.05) is 0 Å². The molecule has 0 aromatic carbocycles. The van der Waals surface area contributed by atoms with Gasteiger partial charge in [0.2, 0.25) is 5.91 Å². The number of carbonyl (C=O) groups is 2. The summed E-state index contributed by atoms with van der Waals surface area (Å²) in [6, 6.07) is 0. The minimum Gasteiger partial charge on any atom is -0.469 e. The number of carbonyl (C=O) groups excluding carboxylic acids is 2. The smallest absolute Gasteiger partial charge is 0.305 e. The molecule has 22 heavy (non-hydrogen) atoms. The molecule has 1 aromatic heterocycles. The third kappa shape index (κ3) is 4.68. The standard InChI is InChI=1S/C15H22N4O3/c1-22-14(20)3-2-6-18-15(21)12-4-9-19(10-5-12)13-11-16-7-8-17-13/h7-8,11-12H,2-6,9-10H2,1H3,(H,18,21). The van der Waals surface area contributed by atoms with Crippen LogP contribution < -0.4 is 10.2 Å². The zero-order valence-electron chi connectivity index (χ0n) is 12.8. The van der Waals surface area contributed by atoms with E-state index in [0.717, 1.165) is 31.7 Å². The van der Waals surface area contributed by atoms with Crippen LogP contribution in [0.5, 0.6) is 0 Å². The van der Waals surface area contributed by atoms with Crippen molar-refractivity contribution in [2.45, 2.75) is 25.7 Å². The van der Waals surface area contributed by atoms with Gasteiger partial charge in [0.1, 0.15) is 5.82 Å². The van der Waals surface area contributed by atoms with E-state index < -0.39 is 0 Å². The molecule has 0 saturated carbocycles. The maximum atomic E-state index is 12.1. The molecule has 1 saturated heterocycles. The number of anilines is 1. The highest BCUT2D eigenvalue weighted by Crippen LogP contribution is 2.21. The van der Waals surface area contributed by atoms with Gasteiger partial charge in [-0.1, -0.05) is 0 Å². The van der Waals surface area contributed by atoms with Crippen molar-refractivity contribution in [3.05, 3.63) is 18.6 Å². The van der Waals surface area contributed by atoms with Crippen LogP contribution in [0.2, 0.25) is 0 Å². The lowest BCUT2D eigenvalue weighted by Gasteiger charge is -2.31. The molecule has 1 N–H and O–H groups in total. The average Bonchev–Trinajstić information content (AvgIpc) is 2.59. The topological polar surface area (TPSA) is 84.4 Å². The van der Waals surface area contributed by atoms with Crippen molar-refractivity contribution < 1.29 is 14.3 Å². The van der Waals surface area contributed by atoms with E-state index in [9.17, 15) is 9.59 Å². The van der Waals surface area contributed by atoms with Crippen molar-refractivity contribution >= 4 is 17.7 Å². The number of nitrogens with one attached hydrogen (secondary N) is 1. The van der Waals surface area contributed by atoms with Crippen molar-refractivity contribution in [2.75, 3.05) is 31.6 Å². The second-order valence-electron chi connectivity index (χ2n) is 5.30. The van der Waals surface area contributed by atoms with E-state index in [0.29, 0.717) is 19.4 Å². The highest BCUT2D eigenvalue weighted by molar-refractivity contribution is 5.79. The maximum Gasteiger partial charge on any atom is 0.305 e. The summed E-state index contributed by atoms with van der Waals surface area (Å²) in [6.07, 6.45) is 7.62. The van der Waals surface area contributed by atoms with E-state index in [2.05, 4.69) is 24.9 Å². The van der Waals surface area contributed by atoms with Crippen LogP contribution in [0.15, 0.2) is 18.6 Å². The lowest BCUT2D eigenvalue weighted by Crippen LogP contribution is -2.41. The zero-order valence-corrected chi connectivity index (χ0v) is 12.8. The fourth-order valence-corrected chi connectivity index (χ4v) is 2.52. The summed E-state index contributed by atoms with van der Waals surface area (Å²) in [5.74, 6) is 0.723. The number of esters is 1. The van der Waals surface area contributed by atoms with Crippen molar-refractivity contribution in [1.82, 2.24) is 15.3 Å². The lowest BCUT2D eigenvalue weighted by atomic mass is 9.96. The molecule has 7 nitrogen and oxygen atoms in total. The second kappa shape index (κ2) is 8.31. The summed E-state index contributed by atoms with van der Waals surface area (Å²) in [7, 11) is 1.37. The number of rotatable bonds is 6. The third-order valence-electron chi connectivity index (χ3n) is 3.82. The summed E-state index contributed by atoms with van der Waals surface area (Å²) >= 11 is 0. The fraction of sp³-hybridized carbons (Fsp3) is 0.600. The number of amides is 1. The molecule has 0 spiro atoms. The Kier molecular flexibility index (Phi) is 6.12. The van der Waals surface area contributed by atoms with Gasteiger partial charge in [-0.25, -0.2) is 4.98 Å². The van der Waals surface area contributed by atoms with Crippen LogP contribution in [-0.4, -0.2) is 48.6 Å². The van der Waals surface area contributed by atoms with Gasteiger partial charge in [0.05, 0.1) is 13.3 Å². The summed E-state index contributed by atoms with van der Waals surface area (Å²) in [5, 5.41) is 2.89. The Morgan fingerprint density at radius 2 is 2.14 bits per heavy atom. The average molecular weight is 306 g/mol. The molecule has 1 aromatic rings. The Labute approximate surface area is 130 Å². The van der Waals surface area contributed by atoms with Crippen molar-refractivity contribution in [3.63, 3.8) is 0 Å². The highest BCUT2D eigenvalue weighted by atomic mass is 16.5. The molecular weight excluding hydrogens is 284 g/mol. The van der Waals surface area contributed by atoms with Crippen LogP contribution in [-0.2, 0) is 14.3 Å². The minimum absolute atomic E-state index is 0.0334. The summed E-state index contributed by atoms with van der Waals surface area (Å²) in [6.45, 7) is 2.12. The van der Waals surface area contributed by atoms with Crippen LogP contribution in [0, 0.1) is 5.92 Å². The first-order chi connectivity index (χ1) is 10.7. The molecule has 2 rings (SSSR count). The monoisotopic (exact) mass is 306 g/mol. The first-order valence-corrected chi connectivity index (χ1v) is 7.56. The molecule has 1 aliphatic rings. The molecule has 0 unspecified atom stereocenters. The van der Waals surface area contributed by atoms with Crippen LogP contribution in [0.3, 0.4) is 0 Å². The van der Waals surface area contributed by atoms with Gasteiger partial charge in [-0.3, -0.25) is 14.6 Å². The number of piperidine rings is 1. The van der Waals surface area contributed by atoms with Crippen LogP contribution in [0.25, 0.3) is 0 Å². The predicted octanol–water partition coefficient (Wildman–Crippen LogP) is 0.762. The molecule has 1 amide bonds. The fourth-order valence-electron chi connectivity index (χ4n) is 2.52. The van der Waals surface area contributed by atoms with Gasteiger partial charge in [-0.05, 0) is 19.3 Å². The van der Waals surface area contributed by atoms with Gasteiger partial charge in [0.25, 0.3) is 0 Å². The molecule has 120 valence electrons. The Morgan fingerprint density at radius 1 is 1.36 bits per heavy atom. The SMILES string of the molecule is COC(=O)CCCNC(=O)C1CCN(c2cnccn2)CC1. The van der Waals surface area contributed by atoms with E-state index in [4.69, 9.17) is 0 Å². The van der Waals surface area contributed by atoms with Gasteiger partial charge in [0, 0.05) is 44.4 Å². The molecule has 1 fully saturated rings. The molecule has 1 aliphatic heterocycles. The van der Waals surface area contributed by atoms with Crippen LogP contribution in [0.4, 0.5) is 5.82 Å². The highest BCUT2D eigenvalue weighted by Gasteiger charge is 2.25. The molecule has 0 radical (unpaired) electrons. The summed E-state index contributed by atoms with van der Waals surface area (Å²) in [4.78, 5) is 33.5. The Bertz CT molecular complexity index is 487. The number of methoxy groups -OCH3 is 1. The van der Waals surface area contributed by atoms with Crippen molar-refractivity contribution in [3.8, 4) is 0 Å². The Balaban J connectivity index is 1.68. The second-order valence-corrected chi connectivity index (χ2v) is 5.30. The zero-order chi connectivity index (χ0) is 15.8. The third-order valence-corrected chi connectivity index (χ3v) is 3.82. The number of nitrogens with zero attached hydrogens (tertiary/aromatic N) is 3. The van der Waals surface area contributed by atoms with Crippen molar-refractivity contribution in [2.24, 2.45) is 5.92 Å². The normalized spacial score (nSPS) is 15.4. The first kappa shape index (κ1) is 16.2. The van der Waals surface area contributed by atoms with Gasteiger partial charge in [0.15, 0.2) is 0 Å². The van der Waals surface area contributed by atoms with Gasteiger partial charge >= 0.3 is 5.97 Å². The van der Waals surface area contributed by atoms with E-state index >= 15 is 0 Å². The Hall–Kier alpha value is -2.18. The first-order valence-electron chi connectivity index (χ1n) is 7.56. The number of ether oxygens (including phenoxy) is 1. The lowest BCUT2D eigenvalue weighted by molar-refractivity contribution is -0.140. The van der Waals surface area contributed by atoms with Crippen LogP contribution in [0.1, 0.15) is 25.7 Å². The quantitative estimate of drug-likeness (QED) is 0.617. The van der Waals surface area contributed by atoms with Gasteiger partial charge in [-0.2, -0.15) is 0 Å². The molecule has 2 heterocycles. The van der Waals surface area contributed by atoms with Gasteiger partial charge in [-0.15, -0.1) is 0 Å². The molecule has 0 aliphatic carbocycles. The number of hydrogen-bond donors (Lipinski definition) is 1. The molecular formula is C15H22N4O3. The summed E-state index contributed by atoms with van der Waals surface area (Å²) < 4.78 is 4.56. The predicted molar refractivity (Wildman–Crippen MR) is 81.2 cm³/mol. The summed E-state index contributed by atoms with van der Waals surface area (Å²) in [5.41, 5.74) is 0. The largest absolute Gasteiger partial charge is 0.469 e.